The summed E-state index contributed by atoms with van der Waals surface area (Å²) in [6.45, 7) is 7.72. The number of hydrogen-bond donors (Lipinski definition) is 3. The van der Waals surface area contributed by atoms with E-state index in [9.17, 15) is 14.4 Å². The van der Waals surface area contributed by atoms with Crippen LogP contribution in [0.1, 0.15) is 48.5 Å². The first-order valence-corrected chi connectivity index (χ1v) is 7.61. The fourth-order valence-electron chi connectivity index (χ4n) is 2.09. The van der Waals surface area contributed by atoms with Crippen LogP contribution in [0.2, 0.25) is 0 Å². The zero-order chi connectivity index (χ0) is 17.9. The zero-order valence-electron chi connectivity index (χ0n) is 14.2. The molecule has 8 nitrogen and oxygen atoms in total. The molecule has 24 heavy (non-hydrogen) atoms. The first-order chi connectivity index (χ1) is 11.2. The van der Waals surface area contributed by atoms with Crippen molar-refractivity contribution in [2.75, 3.05) is 6.54 Å². The number of aromatic nitrogens is 4. The van der Waals surface area contributed by atoms with Crippen LogP contribution in [0.5, 0.6) is 0 Å². The van der Waals surface area contributed by atoms with Crippen molar-refractivity contribution in [3.8, 4) is 0 Å². The second kappa shape index (κ2) is 6.77. The molecule has 0 atom stereocenters. The molecule has 0 bridgehead atoms. The quantitative estimate of drug-likeness (QED) is 0.750. The van der Waals surface area contributed by atoms with Crippen molar-refractivity contribution in [2.24, 2.45) is 0 Å². The minimum atomic E-state index is -0.515. The zero-order valence-corrected chi connectivity index (χ0v) is 14.2. The Balaban J connectivity index is 2.02. The molecule has 8 heteroatoms. The number of amides is 1. The van der Waals surface area contributed by atoms with Gasteiger partial charge in [-0.05, 0) is 6.92 Å². The van der Waals surface area contributed by atoms with E-state index in [1.165, 1.54) is 12.3 Å². The Hall–Kier alpha value is -2.77. The fourth-order valence-corrected chi connectivity index (χ4v) is 2.09. The van der Waals surface area contributed by atoms with Crippen molar-refractivity contribution >= 4 is 5.91 Å². The maximum absolute atomic E-state index is 12.1. The summed E-state index contributed by atoms with van der Waals surface area (Å²) in [7, 11) is 0. The molecule has 0 radical (unpaired) electrons. The first kappa shape index (κ1) is 17.6. The van der Waals surface area contributed by atoms with E-state index < -0.39 is 11.5 Å². The van der Waals surface area contributed by atoms with Gasteiger partial charge in [-0.3, -0.25) is 14.4 Å². The Morgan fingerprint density at radius 3 is 2.54 bits per heavy atom. The fraction of sp³-hybridized carbons (Fsp3) is 0.438. The van der Waals surface area contributed by atoms with Crippen molar-refractivity contribution in [3.63, 3.8) is 0 Å². The van der Waals surface area contributed by atoms with E-state index in [2.05, 4.69) is 25.3 Å². The number of aryl methyl sites for hydroxylation is 1. The van der Waals surface area contributed by atoms with Crippen LogP contribution >= 0.6 is 0 Å². The molecule has 2 aromatic rings. The maximum Gasteiger partial charge on any atom is 0.263 e. The highest BCUT2D eigenvalue weighted by atomic mass is 16.2. The lowest BCUT2D eigenvalue weighted by Gasteiger charge is -2.16. The van der Waals surface area contributed by atoms with E-state index in [1.807, 2.05) is 20.8 Å². The van der Waals surface area contributed by atoms with E-state index in [0.29, 0.717) is 23.8 Å². The maximum atomic E-state index is 12.1. The van der Waals surface area contributed by atoms with E-state index >= 15 is 0 Å². The molecule has 0 aromatic carbocycles. The highest BCUT2D eigenvalue weighted by Gasteiger charge is 2.19. The molecule has 128 valence electrons. The average Bonchev–Trinajstić information content (AvgIpc) is 2.45. The summed E-state index contributed by atoms with van der Waals surface area (Å²) in [5.74, 6) is 0.486. The van der Waals surface area contributed by atoms with Gasteiger partial charge < -0.3 is 15.3 Å². The average molecular weight is 331 g/mol. The lowest BCUT2D eigenvalue weighted by Crippen LogP contribution is -2.33. The Kier molecular flexibility index (Phi) is 4.96. The van der Waals surface area contributed by atoms with Gasteiger partial charge in [0.05, 0.1) is 0 Å². The van der Waals surface area contributed by atoms with Crippen LogP contribution in [0.15, 0.2) is 21.9 Å². The molecule has 0 fully saturated rings. The molecule has 2 rings (SSSR count). The lowest BCUT2D eigenvalue weighted by atomic mass is 9.96. The highest BCUT2D eigenvalue weighted by Crippen LogP contribution is 2.15. The second-order valence-electron chi connectivity index (χ2n) is 6.56. The number of rotatable bonds is 4. The monoisotopic (exact) mass is 331 g/mol. The molecule has 0 saturated heterocycles. The number of aromatic amines is 2. The largest absolute Gasteiger partial charge is 0.351 e. The van der Waals surface area contributed by atoms with Crippen LogP contribution in [0.3, 0.4) is 0 Å². The Morgan fingerprint density at radius 1 is 1.25 bits per heavy atom. The highest BCUT2D eigenvalue weighted by molar-refractivity contribution is 5.93. The molecule has 0 aliphatic heterocycles. The predicted octanol–water partition coefficient (Wildman–Crippen LogP) is 0.432. The topological polar surface area (TPSA) is 121 Å². The van der Waals surface area contributed by atoms with Gasteiger partial charge in [0.15, 0.2) is 0 Å². The molecule has 0 spiro atoms. The number of carbonyl (C=O) groups is 1. The van der Waals surface area contributed by atoms with Gasteiger partial charge in [0.1, 0.15) is 17.2 Å². The van der Waals surface area contributed by atoms with Gasteiger partial charge in [-0.1, -0.05) is 20.8 Å². The van der Waals surface area contributed by atoms with Crippen molar-refractivity contribution in [2.45, 2.75) is 39.5 Å². The minimum Gasteiger partial charge on any atom is -0.351 e. The van der Waals surface area contributed by atoms with Crippen molar-refractivity contribution in [3.05, 3.63) is 55.9 Å². The second-order valence-corrected chi connectivity index (χ2v) is 6.56. The number of nitrogens with one attached hydrogen (secondary N) is 3. The van der Waals surface area contributed by atoms with Gasteiger partial charge in [-0.15, -0.1) is 0 Å². The van der Waals surface area contributed by atoms with Crippen molar-refractivity contribution in [1.82, 2.24) is 25.3 Å². The van der Waals surface area contributed by atoms with Crippen LogP contribution in [0.25, 0.3) is 0 Å². The van der Waals surface area contributed by atoms with Crippen LogP contribution in [-0.4, -0.2) is 32.4 Å². The molecule has 0 saturated carbocycles. The molecule has 2 aromatic heterocycles. The van der Waals surface area contributed by atoms with Crippen molar-refractivity contribution < 1.29 is 4.79 Å². The van der Waals surface area contributed by atoms with Crippen LogP contribution < -0.4 is 16.4 Å². The van der Waals surface area contributed by atoms with Gasteiger partial charge >= 0.3 is 0 Å². The molecular weight excluding hydrogens is 310 g/mol. The Bertz CT molecular complexity index is 861. The third kappa shape index (κ3) is 4.37. The third-order valence-corrected chi connectivity index (χ3v) is 3.32. The SMILES string of the molecule is Cc1cc(=O)[nH]c(CCNC(=O)c2cnc(C(C)(C)C)[nH]c2=O)n1. The molecule has 0 aliphatic rings. The van der Waals surface area contributed by atoms with Crippen LogP contribution in [0.4, 0.5) is 0 Å². The van der Waals surface area contributed by atoms with Crippen LogP contribution in [0, 0.1) is 6.92 Å². The molecule has 0 aliphatic carbocycles. The van der Waals surface area contributed by atoms with E-state index in [4.69, 9.17) is 0 Å². The molecule has 3 N–H and O–H groups in total. The summed E-state index contributed by atoms with van der Waals surface area (Å²) < 4.78 is 0. The predicted molar refractivity (Wildman–Crippen MR) is 89.2 cm³/mol. The van der Waals surface area contributed by atoms with Gasteiger partial charge in [0, 0.05) is 36.3 Å². The van der Waals surface area contributed by atoms with Gasteiger partial charge in [0.25, 0.3) is 17.0 Å². The van der Waals surface area contributed by atoms with Crippen molar-refractivity contribution in [1.29, 1.82) is 0 Å². The summed E-state index contributed by atoms with van der Waals surface area (Å²) in [6.07, 6.45) is 1.63. The van der Waals surface area contributed by atoms with Gasteiger partial charge in [-0.25, -0.2) is 9.97 Å². The molecule has 1 amide bonds. The minimum absolute atomic E-state index is 0.0475. The summed E-state index contributed by atoms with van der Waals surface area (Å²) in [4.78, 5) is 49.0. The lowest BCUT2D eigenvalue weighted by molar-refractivity contribution is 0.0952. The Morgan fingerprint density at radius 2 is 1.96 bits per heavy atom. The van der Waals surface area contributed by atoms with Gasteiger partial charge in [0.2, 0.25) is 0 Å². The number of nitrogens with zero attached hydrogens (tertiary/aromatic N) is 2. The van der Waals surface area contributed by atoms with E-state index in [-0.39, 0.29) is 23.1 Å². The smallest absolute Gasteiger partial charge is 0.263 e. The van der Waals surface area contributed by atoms with Crippen LogP contribution in [-0.2, 0) is 11.8 Å². The Labute approximate surface area is 138 Å². The molecule has 0 unspecified atom stereocenters. The van der Waals surface area contributed by atoms with E-state index in [1.54, 1.807) is 6.92 Å². The molecule has 2 heterocycles. The molecular formula is C16H21N5O3. The summed E-state index contributed by atoms with van der Waals surface area (Å²) in [5, 5.41) is 2.62. The summed E-state index contributed by atoms with van der Waals surface area (Å²) in [6, 6.07) is 1.39. The first-order valence-electron chi connectivity index (χ1n) is 7.61. The van der Waals surface area contributed by atoms with E-state index in [0.717, 1.165) is 0 Å². The third-order valence-electron chi connectivity index (χ3n) is 3.32. The normalized spacial score (nSPS) is 11.3. The standard InChI is InChI=1S/C16H21N5O3/c1-9-7-12(22)20-11(19-9)5-6-17-13(23)10-8-18-15(16(2,3)4)21-14(10)24/h7-8H,5-6H2,1-4H3,(H,17,23)(H,18,21,24)(H,19,20,22). The summed E-state index contributed by atoms with van der Waals surface area (Å²) >= 11 is 0. The number of carbonyl (C=O) groups excluding carboxylic acids is 1. The number of hydrogen-bond acceptors (Lipinski definition) is 5. The number of H-pyrrole nitrogens is 2. The summed E-state index contributed by atoms with van der Waals surface area (Å²) in [5.41, 5.74) is -0.458. The van der Waals surface area contributed by atoms with Gasteiger partial charge in [-0.2, -0.15) is 0 Å².